The maximum absolute atomic E-state index is 2.42. The van der Waals surface area contributed by atoms with Gasteiger partial charge in [-0.2, -0.15) is 0 Å². The summed E-state index contributed by atoms with van der Waals surface area (Å²) in [4.78, 5) is 2.42. The van der Waals surface area contributed by atoms with Crippen LogP contribution in [-0.4, -0.2) is 39.3 Å². The fourth-order valence-electron chi connectivity index (χ4n) is 1.72. The Kier molecular flexibility index (Phi) is 15.1. The third kappa shape index (κ3) is 16.5. The second-order valence-electron chi connectivity index (χ2n) is 5.86. The topological polar surface area (TPSA) is 3.24 Å². The van der Waals surface area contributed by atoms with Crippen LogP contribution in [0, 0.1) is 11.8 Å². The average molecular weight is 257 g/mol. The van der Waals surface area contributed by atoms with Crippen LogP contribution in [0.15, 0.2) is 0 Å². The Hall–Kier alpha value is 0.492. The van der Waals surface area contributed by atoms with E-state index in [-0.39, 0.29) is 1.43 Å². The molecule has 0 radical (unpaired) electrons. The maximum Gasteiger partial charge on any atom is 0.00383 e. The van der Waals surface area contributed by atoms with Crippen LogP contribution in [0.1, 0.15) is 56.8 Å². The number of rotatable bonds is 7. The zero-order chi connectivity index (χ0) is 13.8. The summed E-state index contributed by atoms with van der Waals surface area (Å²) in [5, 5.41) is 2.97. The zero-order valence-electron chi connectivity index (χ0n) is 14.6. The van der Waals surface area contributed by atoms with Gasteiger partial charge in [0.15, 0.2) is 0 Å². The molecule has 0 bridgehead atoms. The first kappa shape index (κ1) is 19.8. The maximum atomic E-state index is 2.42. The van der Waals surface area contributed by atoms with E-state index in [1.54, 1.807) is 0 Å². The molecule has 0 aromatic rings. The molecule has 0 aliphatic rings. The predicted octanol–water partition coefficient (Wildman–Crippen LogP) is 4.69. The van der Waals surface area contributed by atoms with Gasteiger partial charge in [-0.3, -0.25) is 0 Å². The minimum atomic E-state index is 0. The van der Waals surface area contributed by atoms with Crippen LogP contribution in [0.5, 0.6) is 0 Å². The van der Waals surface area contributed by atoms with Crippen molar-refractivity contribution in [3.63, 3.8) is 0 Å². The Morgan fingerprint density at radius 2 is 1.18 bits per heavy atom. The predicted molar refractivity (Wildman–Crippen MR) is 84.2 cm³/mol. The summed E-state index contributed by atoms with van der Waals surface area (Å²) in [6.45, 7) is 20.5. The summed E-state index contributed by atoms with van der Waals surface area (Å²) in [6.07, 6.45) is 0. The van der Waals surface area contributed by atoms with E-state index in [9.17, 15) is 0 Å². The molecule has 0 heterocycles. The summed E-state index contributed by atoms with van der Waals surface area (Å²) in [6, 6.07) is 0.713. The van der Waals surface area contributed by atoms with Gasteiger partial charge in [-0.1, -0.05) is 13.8 Å². The van der Waals surface area contributed by atoms with Gasteiger partial charge in [0.1, 0.15) is 0 Å². The van der Waals surface area contributed by atoms with Crippen LogP contribution in [0.4, 0.5) is 0 Å². The van der Waals surface area contributed by atoms with Crippen LogP contribution in [0.2, 0.25) is 10.6 Å². The smallest absolute Gasteiger partial charge is 0.00383 e. The molecule has 0 saturated heterocycles. The first-order chi connectivity index (χ1) is 7.84. The van der Waals surface area contributed by atoms with E-state index in [2.05, 4.69) is 60.3 Å². The third-order valence-electron chi connectivity index (χ3n) is 2.82. The molecule has 0 unspecified atom stereocenters. The largest absolute Gasteiger partial charge is 1.00 e. The van der Waals surface area contributed by atoms with E-state index in [0.717, 1.165) is 27.1 Å². The monoisotopic (exact) mass is 257 g/mol. The minimum Gasteiger partial charge on any atom is -1.00 e. The standard InChI is InChI=1S/C7H17N.2C4H9.Al.H/c1-5-8(6-2)7(3)4;2*1-4(2)3;;/h7H,5-6H2,1-4H3;2*4H,1H2,2-3H3;;/q;;;+1;-1. The number of nitrogens with zero attached hydrogens (tertiary/aromatic N) is 1. The van der Waals surface area contributed by atoms with Crippen LogP contribution in [0.3, 0.4) is 0 Å². The fourth-order valence-corrected chi connectivity index (χ4v) is 3.24. The molecule has 0 rings (SSSR count). The van der Waals surface area contributed by atoms with Crippen molar-refractivity contribution >= 4 is 15.2 Å². The Balaban J connectivity index is -0.000000238. The van der Waals surface area contributed by atoms with Crippen molar-refractivity contribution in [1.29, 1.82) is 0 Å². The van der Waals surface area contributed by atoms with Gasteiger partial charge in [0.2, 0.25) is 0 Å². The van der Waals surface area contributed by atoms with Gasteiger partial charge in [-0.25, -0.2) is 0 Å². The molecule has 0 N–H and O–H groups in total. The molecule has 0 atom stereocenters. The average Bonchev–Trinajstić information content (AvgIpc) is 2.18. The van der Waals surface area contributed by atoms with Crippen molar-refractivity contribution in [3.8, 4) is 0 Å². The normalized spacial score (nSPS) is 10.8. The molecule has 0 saturated carbocycles. The Labute approximate surface area is 119 Å². The van der Waals surface area contributed by atoms with E-state index in [1.807, 2.05) is 0 Å². The van der Waals surface area contributed by atoms with Gasteiger partial charge in [0.25, 0.3) is 0 Å². The van der Waals surface area contributed by atoms with E-state index < -0.39 is 0 Å². The zero-order valence-corrected chi connectivity index (χ0v) is 14.7. The van der Waals surface area contributed by atoms with Gasteiger partial charge in [0, 0.05) is 6.04 Å². The molecule has 0 aliphatic heterocycles. The SMILES string of the molecule is CC(C)[CH2][Al+][CH2]C(C)C.CCN(CC)C(C)C.[H-]. The molecule has 0 amide bonds. The summed E-state index contributed by atoms with van der Waals surface area (Å²) in [5.41, 5.74) is 0. The molecule has 0 aromatic carbocycles. The second kappa shape index (κ2) is 12.9. The van der Waals surface area contributed by atoms with E-state index in [0.29, 0.717) is 6.04 Å². The molecule has 2 heteroatoms. The van der Waals surface area contributed by atoms with Crippen molar-refractivity contribution in [2.24, 2.45) is 11.8 Å². The van der Waals surface area contributed by atoms with Crippen molar-refractivity contribution in [2.75, 3.05) is 13.1 Å². The van der Waals surface area contributed by atoms with Crippen LogP contribution >= 0.6 is 0 Å². The van der Waals surface area contributed by atoms with Gasteiger partial charge in [-0.05, 0) is 26.9 Å². The summed E-state index contributed by atoms with van der Waals surface area (Å²) >= 11 is 0.755. The second-order valence-corrected chi connectivity index (χ2v) is 7.38. The summed E-state index contributed by atoms with van der Waals surface area (Å²) in [7, 11) is 0. The number of hydrogen-bond donors (Lipinski definition) is 0. The first-order valence-corrected chi connectivity index (χ1v) is 9.03. The summed E-state index contributed by atoms with van der Waals surface area (Å²) < 4.78 is 0. The summed E-state index contributed by atoms with van der Waals surface area (Å²) in [5.74, 6) is 1.86. The number of hydrogen-bond acceptors (Lipinski definition) is 1. The third-order valence-corrected chi connectivity index (χ3v) is 5.37. The van der Waals surface area contributed by atoms with Crippen LogP contribution in [-0.2, 0) is 0 Å². The van der Waals surface area contributed by atoms with Gasteiger partial charge in [0.05, 0.1) is 0 Å². The van der Waals surface area contributed by atoms with Crippen molar-refractivity contribution in [3.05, 3.63) is 0 Å². The van der Waals surface area contributed by atoms with E-state index >= 15 is 0 Å². The molecular formula is C15H36AlN. The Morgan fingerprint density at radius 3 is 1.29 bits per heavy atom. The molecular weight excluding hydrogens is 221 g/mol. The first-order valence-electron chi connectivity index (χ1n) is 7.40. The van der Waals surface area contributed by atoms with Crippen molar-refractivity contribution in [2.45, 2.75) is 72.0 Å². The molecule has 0 aromatic heterocycles. The minimum absolute atomic E-state index is 0. The molecule has 0 spiro atoms. The molecule has 1 nitrogen and oxygen atoms in total. The van der Waals surface area contributed by atoms with Crippen molar-refractivity contribution in [1.82, 2.24) is 4.90 Å². The Morgan fingerprint density at radius 1 is 0.824 bits per heavy atom. The Bertz CT molecular complexity index is 137. The molecule has 0 fully saturated rings. The van der Waals surface area contributed by atoms with E-state index in [4.69, 9.17) is 0 Å². The molecule has 17 heavy (non-hydrogen) atoms. The molecule has 0 aliphatic carbocycles. The van der Waals surface area contributed by atoms with Crippen LogP contribution < -0.4 is 0 Å². The van der Waals surface area contributed by atoms with Crippen LogP contribution in [0.25, 0.3) is 0 Å². The van der Waals surface area contributed by atoms with Gasteiger partial charge >= 0.3 is 65.3 Å². The van der Waals surface area contributed by atoms with E-state index in [1.165, 1.54) is 23.7 Å². The molecule has 104 valence electrons. The van der Waals surface area contributed by atoms with Gasteiger partial charge < -0.3 is 6.33 Å². The quantitative estimate of drug-likeness (QED) is 0.598. The fraction of sp³-hybridized carbons (Fsp3) is 1.00. The van der Waals surface area contributed by atoms with Crippen molar-refractivity contribution < 1.29 is 1.43 Å². The van der Waals surface area contributed by atoms with Gasteiger partial charge in [-0.15, -0.1) is 0 Å².